The van der Waals surface area contributed by atoms with Gasteiger partial charge in [0.15, 0.2) is 0 Å². The highest BCUT2D eigenvalue weighted by atomic mass is 16.3. The van der Waals surface area contributed by atoms with Gasteiger partial charge in [0.25, 0.3) is 0 Å². The SMILES string of the molecule is CC(CO)=C(C)CCCC(C)CCCC(C)CCCC(C)C. The Labute approximate surface area is 140 Å². The Morgan fingerprint density at radius 2 is 1.14 bits per heavy atom. The largest absolute Gasteiger partial charge is 0.392 e. The quantitative estimate of drug-likeness (QED) is 0.373. The molecule has 1 N–H and O–H groups in total. The van der Waals surface area contributed by atoms with E-state index in [2.05, 4.69) is 34.6 Å². The van der Waals surface area contributed by atoms with E-state index in [1.165, 1.54) is 56.9 Å². The molecule has 0 heterocycles. The minimum atomic E-state index is 0.218. The molecule has 0 aliphatic carbocycles. The van der Waals surface area contributed by atoms with Gasteiger partial charge in [0.05, 0.1) is 6.61 Å². The molecule has 0 saturated heterocycles. The van der Waals surface area contributed by atoms with E-state index in [0.29, 0.717) is 0 Å². The molecular weight excluding hydrogens is 268 g/mol. The zero-order chi connectivity index (χ0) is 17.0. The highest BCUT2D eigenvalue weighted by Gasteiger charge is 2.07. The monoisotopic (exact) mass is 310 g/mol. The molecule has 0 aromatic heterocycles. The first kappa shape index (κ1) is 21.7. The Hall–Kier alpha value is -0.300. The van der Waals surface area contributed by atoms with Crippen molar-refractivity contribution in [3.05, 3.63) is 11.1 Å². The second-order valence-electron chi connectivity index (χ2n) is 8.08. The molecular formula is C21H42O. The average Bonchev–Trinajstić information content (AvgIpc) is 2.45. The summed E-state index contributed by atoms with van der Waals surface area (Å²) in [6.07, 6.45) is 12.2. The summed E-state index contributed by atoms with van der Waals surface area (Å²) in [6, 6.07) is 0. The van der Waals surface area contributed by atoms with Gasteiger partial charge in [-0.1, -0.05) is 78.2 Å². The van der Waals surface area contributed by atoms with Crippen molar-refractivity contribution in [3.8, 4) is 0 Å². The summed E-state index contributed by atoms with van der Waals surface area (Å²) in [7, 11) is 0. The summed E-state index contributed by atoms with van der Waals surface area (Å²) in [5, 5.41) is 9.12. The van der Waals surface area contributed by atoms with E-state index in [-0.39, 0.29) is 6.61 Å². The number of allylic oxidation sites excluding steroid dienone is 1. The standard InChI is InChI=1S/C21H42O/c1-17(2)10-7-11-18(3)12-8-13-19(4)14-9-15-20(5)21(6)16-22/h17-19,22H,7-16H2,1-6H3. The molecule has 2 unspecified atom stereocenters. The number of rotatable bonds is 13. The average molecular weight is 311 g/mol. The van der Waals surface area contributed by atoms with Crippen molar-refractivity contribution in [2.24, 2.45) is 17.8 Å². The minimum absolute atomic E-state index is 0.218. The van der Waals surface area contributed by atoms with Gasteiger partial charge in [-0.15, -0.1) is 0 Å². The fraction of sp³-hybridized carbons (Fsp3) is 0.905. The number of aliphatic hydroxyl groups is 1. The third-order valence-electron chi connectivity index (χ3n) is 5.09. The van der Waals surface area contributed by atoms with E-state index in [0.717, 1.165) is 29.7 Å². The molecule has 0 fully saturated rings. The molecule has 2 atom stereocenters. The van der Waals surface area contributed by atoms with Crippen molar-refractivity contribution in [2.45, 2.75) is 99.3 Å². The van der Waals surface area contributed by atoms with Gasteiger partial charge in [0.1, 0.15) is 0 Å². The van der Waals surface area contributed by atoms with Crippen LogP contribution in [0, 0.1) is 17.8 Å². The Morgan fingerprint density at radius 1 is 0.682 bits per heavy atom. The molecule has 0 spiro atoms. The summed E-state index contributed by atoms with van der Waals surface area (Å²) >= 11 is 0. The lowest BCUT2D eigenvalue weighted by atomic mass is 9.91. The molecule has 0 saturated carbocycles. The molecule has 0 aromatic carbocycles. The highest BCUT2D eigenvalue weighted by Crippen LogP contribution is 2.22. The first-order valence-corrected chi connectivity index (χ1v) is 9.62. The second-order valence-corrected chi connectivity index (χ2v) is 8.08. The minimum Gasteiger partial charge on any atom is -0.392 e. The van der Waals surface area contributed by atoms with E-state index in [1.54, 1.807) is 0 Å². The Morgan fingerprint density at radius 3 is 1.59 bits per heavy atom. The van der Waals surface area contributed by atoms with Crippen LogP contribution in [0.5, 0.6) is 0 Å². The molecule has 0 aliphatic rings. The lowest BCUT2D eigenvalue weighted by molar-refractivity contribution is 0.329. The summed E-state index contributed by atoms with van der Waals surface area (Å²) in [6.45, 7) is 13.9. The highest BCUT2D eigenvalue weighted by molar-refractivity contribution is 5.09. The van der Waals surface area contributed by atoms with Crippen molar-refractivity contribution in [2.75, 3.05) is 6.61 Å². The molecule has 1 nitrogen and oxygen atoms in total. The van der Waals surface area contributed by atoms with Crippen LogP contribution in [0.3, 0.4) is 0 Å². The summed E-state index contributed by atoms with van der Waals surface area (Å²) in [5.74, 6) is 2.62. The zero-order valence-electron chi connectivity index (χ0n) is 16.3. The van der Waals surface area contributed by atoms with Crippen LogP contribution >= 0.6 is 0 Å². The van der Waals surface area contributed by atoms with Crippen LogP contribution < -0.4 is 0 Å². The van der Waals surface area contributed by atoms with Gasteiger partial charge in [-0.2, -0.15) is 0 Å². The van der Waals surface area contributed by atoms with Crippen LogP contribution in [-0.2, 0) is 0 Å². The Bertz CT molecular complexity index is 290. The van der Waals surface area contributed by atoms with Crippen LogP contribution in [-0.4, -0.2) is 11.7 Å². The molecule has 0 aliphatic heterocycles. The molecule has 1 heteroatoms. The Kier molecular flexibility index (Phi) is 13.0. The van der Waals surface area contributed by atoms with Gasteiger partial charge >= 0.3 is 0 Å². The normalized spacial score (nSPS) is 15.8. The fourth-order valence-electron chi connectivity index (χ4n) is 3.04. The molecule has 22 heavy (non-hydrogen) atoms. The van der Waals surface area contributed by atoms with Gasteiger partial charge in [0, 0.05) is 0 Å². The maximum absolute atomic E-state index is 9.12. The fourth-order valence-corrected chi connectivity index (χ4v) is 3.04. The lowest BCUT2D eigenvalue weighted by Gasteiger charge is -2.15. The third-order valence-corrected chi connectivity index (χ3v) is 5.09. The zero-order valence-corrected chi connectivity index (χ0v) is 16.3. The predicted octanol–water partition coefficient (Wildman–Crippen LogP) is 6.75. The van der Waals surface area contributed by atoms with Crippen LogP contribution in [0.2, 0.25) is 0 Å². The van der Waals surface area contributed by atoms with Crippen molar-refractivity contribution >= 4 is 0 Å². The van der Waals surface area contributed by atoms with Gasteiger partial charge in [0.2, 0.25) is 0 Å². The first-order valence-electron chi connectivity index (χ1n) is 9.62. The maximum atomic E-state index is 9.12. The van der Waals surface area contributed by atoms with Gasteiger partial charge in [-0.05, 0) is 50.0 Å². The molecule has 0 bridgehead atoms. The van der Waals surface area contributed by atoms with Gasteiger partial charge in [-0.25, -0.2) is 0 Å². The number of hydrogen-bond acceptors (Lipinski definition) is 1. The Balaban J connectivity index is 3.63. The van der Waals surface area contributed by atoms with E-state index < -0.39 is 0 Å². The molecule has 0 radical (unpaired) electrons. The van der Waals surface area contributed by atoms with Crippen molar-refractivity contribution in [3.63, 3.8) is 0 Å². The van der Waals surface area contributed by atoms with Crippen LogP contribution in [0.15, 0.2) is 11.1 Å². The van der Waals surface area contributed by atoms with Gasteiger partial charge in [-0.3, -0.25) is 0 Å². The summed E-state index contributed by atoms with van der Waals surface area (Å²) in [5.41, 5.74) is 2.54. The number of aliphatic hydroxyl groups excluding tert-OH is 1. The van der Waals surface area contributed by atoms with Crippen LogP contribution in [0.4, 0.5) is 0 Å². The predicted molar refractivity (Wildman–Crippen MR) is 100 cm³/mol. The van der Waals surface area contributed by atoms with Crippen LogP contribution in [0.1, 0.15) is 99.3 Å². The van der Waals surface area contributed by atoms with Crippen molar-refractivity contribution in [1.82, 2.24) is 0 Å². The molecule has 0 rings (SSSR count). The topological polar surface area (TPSA) is 20.2 Å². The number of hydrogen-bond donors (Lipinski definition) is 1. The summed E-state index contributed by atoms with van der Waals surface area (Å²) in [4.78, 5) is 0. The van der Waals surface area contributed by atoms with Crippen molar-refractivity contribution in [1.29, 1.82) is 0 Å². The van der Waals surface area contributed by atoms with E-state index >= 15 is 0 Å². The second kappa shape index (κ2) is 13.2. The van der Waals surface area contributed by atoms with Crippen molar-refractivity contribution < 1.29 is 5.11 Å². The third kappa shape index (κ3) is 12.3. The van der Waals surface area contributed by atoms with Crippen LogP contribution in [0.25, 0.3) is 0 Å². The molecule has 132 valence electrons. The van der Waals surface area contributed by atoms with E-state index in [9.17, 15) is 0 Å². The first-order chi connectivity index (χ1) is 10.4. The molecule has 0 aromatic rings. The van der Waals surface area contributed by atoms with E-state index in [1.807, 2.05) is 6.92 Å². The smallest absolute Gasteiger partial charge is 0.0641 e. The maximum Gasteiger partial charge on any atom is 0.0641 e. The van der Waals surface area contributed by atoms with E-state index in [4.69, 9.17) is 5.11 Å². The molecule has 0 amide bonds. The lowest BCUT2D eigenvalue weighted by Crippen LogP contribution is -2.00. The summed E-state index contributed by atoms with van der Waals surface area (Å²) < 4.78 is 0. The van der Waals surface area contributed by atoms with Gasteiger partial charge < -0.3 is 5.11 Å².